The lowest BCUT2D eigenvalue weighted by Crippen LogP contribution is -2.17. The van der Waals surface area contributed by atoms with E-state index in [4.69, 9.17) is 10.5 Å². The van der Waals surface area contributed by atoms with Gasteiger partial charge in [-0.25, -0.2) is 27.2 Å². The second-order valence-electron chi connectivity index (χ2n) is 7.52. The number of rotatable bonds is 6. The molecule has 2 heterocycles. The van der Waals surface area contributed by atoms with Gasteiger partial charge in [-0.3, -0.25) is 9.52 Å². The van der Waals surface area contributed by atoms with E-state index in [1.165, 1.54) is 12.1 Å². The fourth-order valence-corrected chi connectivity index (χ4v) is 4.56. The van der Waals surface area contributed by atoms with Crippen LogP contribution in [0.25, 0.3) is 11.1 Å². The van der Waals surface area contributed by atoms with E-state index >= 15 is 0 Å². The highest BCUT2D eigenvalue weighted by atomic mass is 32.2. The maximum atomic E-state index is 14.2. The molecule has 3 N–H and O–H groups in total. The minimum atomic E-state index is -4.22. The zero-order valence-electron chi connectivity index (χ0n) is 17.3. The number of nitrogens with one attached hydrogen (secondary N) is 1. The molecule has 3 aromatic rings. The van der Waals surface area contributed by atoms with E-state index in [1.54, 1.807) is 24.5 Å². The zero-order valence-corrected chi connectivity index (χ0v) is 18.1. The summed E-state index contributed by atoms with van der Waals surface area (Å²) in [7, 11) is -4.22. The number of carbonyl (C=O) groups is 1. The molecule has 1 amide bonds. The topological polar surface area (TPSA) is 124 Å². The van der Waals surface area contributed by atoms with Crippen molar-refractivity contribution >= 4 is 21.6 Å². The number of halogens is 2. The van der Waals surface area contributed by atoms with Crippen LogP contribution in [-0.4, -0.2) is 37.5 Å². The summed E-state index contributed by atoms with van der Waals surface area (Å²) in [6.07, 6.45) is 5.10. The molecule has 1 aliphatic rings. The van der Waals surface area contributed by atoms with Gasteiger partial charge in [-0.15, -0.1) is 0 Å². The van der Waals surface area contributed by atoms with Gasteiger partial charge in [0.25, 0.3) is 15.9 Å². The molecule has 8 nitrogen and oxygen atoms in total. The Balaban J connectivity index is 1.51. The molecule has 2 aromatic carbocycles. The fourth-order valence-electron chi connectivity index (χ4n) is 3.50. The molecule has 1 fully saturated rings. The van der Waals surface area contributed by atoms with Gasteiger partial charge in [0.05, 0.1) is 16.1 Å². The summed E-state index contributed by atoms with van der Waals surface area (Å²) < 4.78 is 60.7. The quantitative estimate of drug-likeness (QED) is 0.565. The first-order chi connectivity index (χ1) is 15.7. The Morgan fingerprint density at radius 3 is 2.24 bits per heavy atom. The van der Waals surface area contributed by atoms with Crippen LogP contribution in [0.5, 0.6) is 0 Å². The van der Waals surface area contributed by atoms with Crippen LogP contribution in [0.4, 0.5) is 14.5 Å². The predicted octanol–water partition coefficient (Wildman–Crippen LogP) is 3.22. The number of nitrogens with two attached hydrogens (primary N) is 1. The van der Waals surface area contributed by atoms with Gasteiger partial charge in [0, 0.05) is 43.2 Å². The molecule has 0 radical (unpaired) electrons. The number of carbonyl (C=O) groups excluding carboxylic acids is 1. The molecule has 0 spiro atoms. The molecule has 11 heteroatoms. The van der Waals surface area contributed by atoms with Crippen LogP contribution in [0.3, 0.4) is 0 Å². The average Bonchev–Trinajstić information content (AvgIpc) is 2.81. The van der Waals surface area contributed by atoms with Crippen LogP contribution in [0.1, 0.15) is 34.9 Å². The van der Waals surface area contributed by atoms with E-state index in [-0.39, 0.29) is 10.8 Å². The third-order valence-electron chi connectivity index (χ3n) is 5.32. The molecule has 0 atom stereocenters. The Kier molecular flexibility index (Phi) is 6.34. The van der Waals surface area contributed by atoms with Gasteiger partial charge in [0.1, 0.15) is 17.5 Å². The number of ether oxygens (including phenoxy) is 1. The summed E-state index contributed by atoms with van der Waals surface area (Å²) in [6, 6.07) is 6.90. The van der Waals surface area contributed by atoms with Crippen molar-refractivity contribution in [1.82, 2.24) is 9.97 Å². The van der Waals surface area contributed by atoms with Gasteiger partial charge in [-0.1, -0.05) is 12.1 Å². The number of aromatic nitrogens is 2. The molecule has 0 aliphatic carbocycles. The van der Waals surface area contributed by atoms with Crippen LogP contribution in [0.2, 0.25) is 0 Å². The van der Waals surface area contributed by atoms with Crippen molar-refractivity contribution in [3.63, 3.8) is 0 Å². The molecule has 4 rings (SSSR count). The summed E-state index contributed by atoms with van der Waals surface area (Å²) in [5.74, 6) is -2.43. The van der Waals surface area contributed by atoms with E-state index in [1.807, 2.05) is 4.72 Å². The lowest BCUT2D eigenvalue weighted by molar-refractivity contribution is 0.0836. The lowest BCUT2D eigenvalue weighted by atomic mass is 9.99. The number of primary amides is 1. The van der Waals surface area contributed by atoms with Crippen molar-refractivity contribution < 1.29 is 26.7 Å². The second-order valence-corrected chi connectivity index (χ2v) is 9.21. The standard InChI is InChI=1S/C22H20F2N4O4S/c23-18-10-20(19(24)9-17(18)21(25)29)28-33(30,31)16-3-1-13(2-4-16)15-11-26-22(27-12-15)14-5-7-32-8-6-14/h1-4,9-12,14,28H,5-8H2,(H2,25,29). The first-order valence-electron chi connectivity index (χ1n) is 10.1. The van der Waals surface area contributed by atoms with Crippen molar-refractivity contribution in [3.8, 4) is 11.1 Å². The van der Waals surface area contributed by atoms with Gasteiger partial charge < -0.3 is 10.5 Å². The summed E-state index contributed by atoms with van der Waals surface area (Å²) in [5, 5.41) is 0. The van der Waals surface area contributed by atoms with Crippen molar-refractivity contribution in [2.75, 3.05) is 17.9 Å². The first kappa shape index (κ1) is 22.7. The third kappa shape index (κ3) is 4.99. The molecular formula is C22H20F2N4O4S. The Labute approximate surface area is 188 Å². The van der Waals surface area contributed by atoms with Gasteiger partial charge >= 0.3 is 0 Å². The number of sulfonamides is 1. The van der Waals surface area contributed by atoms with E-state index in [9.17, 15) is 22.0 Å². The summed E-state index contributed by atoms with van der Waals surface area (Å²) >= 11 is 0. The maximum absolute atomic E-state index is 14.2. The monoisotopic (exact) mass is 474 g/mol. The van der Waals surface area contributed by atoms with Crippen LogP contribution >= 0.6 is 0 Å². The highest BCUT2D eigenvalue weighted by Crippen LogP contribution is 2.27. The third-order valence-corrected chi connectivity index (χ3v) is 6.70. The second kappa shape index (κ2) is 9.20. The molecular weight excluding hydrogens is 454 g/mol. The van der Waals surface area contributed by atoms with Crippen LogP contribution < -0.4 is 10.5 Å². The minimum Gasteiger partial charge on any atom is -0.381 e. The zero-order chi connectivity index (χ0) is 23.6. The van der Waals surface area contributed by atoms with Gasteiger partial charge in [0.15, 0.2) is 0 Å². The lowest BCUT2D eigenvalue weighted by Gasteiger charge is -2.20. The number of amides is 1. The van der Waals surface area contributed by atoms with E-state index in [2.05, 4.69) is 9.97 Å². The molecule has 1 aromatic heterocycles. The number of nitrogens with zero attached hydrogens (tertiary/aromatic N) is 2. The Morgan fingerprint density at radius 2 is 1.64 bits per heavy atom. The molecule has 0 saturated carbocycles. The molecule has 1 aliphatic heterocycles. The molecule has 1 saturated heterocycles. The van der Waals surface area contributed by atoms with Gasteiger partial charge in [-0.05, 0) is 36.6 Å². The number of benzene rings is 2. The van der Waals surface area contributed by atoms with Crippen molar-refractivity contribution in [2.24, 2.45) is 5.73 Å². The van der Waals surface area contributed by atoms with Crippen LogP contribution in [-0.2, 0) is 14.8 Å². The highest BCUT2D eigenvalue weighted by molar-refractivity contribution is 7.92. The smallest absolute Gasteiger partial charge is 0.261 e. The molecule has 0 unspecified atom stereocenters. The van der Waals surface area contributed by atoms with E-state index in [0.717, 1.165) is 18.7 Å². The first-order valence-corrected chi connectivity index (χ1v) is 11.5. The van der Waals surface area contributed by atoms with E-state index < -0.39 is 38.8 Å². The maximum Gasteiger partial charge on any atom is 0.261 e. The van der Waals surface area contributed by atoms with Gasteiger partial charge in [0.2, 0.25) is 0 Å². The Bertz CT molecular complexity index is 1280. The van der Waals surface area contributed by atoms with Crippen molar-refractivity contribution in [2.45, 2.75) is 23.7 Å². The molecule has 172 valence electrons. The summed E-state index contributed by atoms with van der Waals surface area (Å²) in [6.45, 7) is 1.37. The summed E-state index contributed by atoms with van der Waals surface area (Å²) in [4.78, 5) is 19.8. The SMILES string of the molecule is NC(=O)c1cc(F)c(NS(=O)(=O)c2ccc(-c3cnc(C4CCOCC4)nc3)cc2)cc1F. The summed E-state index contributed by atoms with van der Waals surface area (Å²) in [5.41, 5.74) is 5.04. The fraction of sp³-hybridized carbons (Fsp3) is 0.227. The van der Waals surface area contributed by atoms with Crippen molar-refractivity contribution in [3.05, 3.63) is 71.8 Å². The Morgan fingerprint density at radius 1 is 1.00 bits per heavy atom. The normalized spacial score (nSPS) is 14.7. The Hall–Kier alpha value is -3.44. The number of hydrogen-bond donors (Lipinski definition) is 2. The van der Waals surface area contributed by atoms with Gasteiger partial charge in [-0.2, -0.15) is 0 Å². The van der Waals surface area contributed by atoms with E-state index in [0.29, 0.717) is 36.5 Å². The average molecular weight is 474 g/mol. The number of hydrogen-bond acceptors (Lipinski definition) is 6. The predicted molar refractivity (Wildman–Crippen MR) is 116 cm³/mol. The number of anilines is 1. The highest BCUT2D eigenvalue weighted by Gasteiger charge is 2.21. The molecule has 0 bridgehead atoms. The van der Waals surface area contributed by atoms with Crippen LogP contribution in [0.15, 0.2) is 53.7 Å². The minimum absolute atomic E-state index is 0.162. The largest absolute Gasteiger partial charge is 0.381 e. The van der Waals surface area contributed by atoms with Crippen LogP contribution in [0, 0.1) is 11.6 Å². The van der Waals surface area contributed by atoms with Crippen molar-refractivity contribution in [1.29, 1.82) is 0 Å². The molecule has 33 heavy (non-hydrogen) atoms.